The van der Waals surface area contributed by atoms with Gasteiger partial charge in [-0.1, -0.05) is 11.6 Å². The lowest BCUT2D eigenvalue weighted by Crippen LogP contribution is -2.38. The first-order valence-corrected chi connectivity index (χ1v) is 7.74. The molecule has 2 atom stereocenters. The van der Waals surface area contributed by atoms with Gasteiger partial charge < -0.3 is 14.6 Å². The largest absolute Gasteiger partial charge is 0.451 e. The van der Waals surface area contributed by atoms with Crippen LogP contribution in [-0.2, 0) is 0 Å². The van der Waals surface area contributed by atoms with E-state index in [1.807, 2.05) is 30.0 Å². The quantitative estimate of drug-likeness (QED) is 0.875. The molecule has 2 aliphatic heterocycles. The molecule has 0 aliphatic carbocycles. The van der Waals surface area contributed by atoms with E-state index in [0.717, 1.165) is 30.5 Å². The number of nitrogens with one attached hydrogen (secondary N) is 1. The van der Waals surface area contributed by atoms with E-state index in [1.54, 1.807) is 0 Å². The van der Waals surface area contributed by atoms with Crippen molar-refractivity contribution >= 4 is 16.9 Å². The first-order chi connectivity index (χ1) is 10.2. The summed E-state index contributed by atoms with van der Waals surface area (Å²) in [4.78, 5) is 14.6. The molecule has 2 fully saturated rings. The van der Waals surface area contributed by atoms with Crippen molar-refractivity contribution in [1.82, 2.24) is 10.2 Å². The van der Waals surface area contributed by atoms with Crippen LogP contribution in [0.25, 0.3) is 11.0 Å². The van der Waals surface area contributed by atoms with E-state index in [0.29, 0.717) is 17.8 Å². The van der Waals surface area contributed by atoms with Crippen molar-refractivity contribution in [2.45, 2.75) is 38.3 Å². The van der Waals surface area contributed by atoms with Gasteiger partial charge in [0.25, 0.3) is 5.91 Å². The summed E-state index contributed by atoms with van der Waals surface area (Å²) in [6.45, 7) is 3.67. The summed E-state index contributed by atoms with van der Waals surface area (Å²) in [6.07, 6.45) is 3.46. The highest BCUT2D eigenvalue weighted by molar-refractivity contribution is 5.96. The second-order valence-corrected chi connectivity index (χ2v) is 6.33. The second kappa shape index (κ2) is 4.88. The lowest BCUT2D eigenvalue weighted by atomic mass is 10.1. The first-order valence-electron chi connectivity index (χ1n) is 7.74. The molecule has 4 nitrogen and oxygen atoms in total. The Morgan fingerprint density at radius 2 is 2.10 bits per heavy atom. The van der Waals surface area contributed by atoms with Crippen LogP contribution in [0.2, 0.25) is 0 Å². The van der Waals surface area contributed by atoms with Crippen LogP contribution in [0.4, 0.5) is 0 Å². The second-order valence-electron chi connectivity index (χ2n) is 6.33. The number of amides is 1. The summed E-state index contributed by atoms with van der Waals surface area (Å²) in [6, 6.07) is 8.92. The highest BCUT2D eigenvalue weighted by Crippen LogP contribution is 2.24. The molecule has 3 heterocycles. The van der Waals surface area contributed by atoms with Crippen LogP contribution in [0.5, 0.6) is 0 Å². The number of carbonyl (C=O) groups excluding carboxylic acids is 1. The van der Waals surface area contributed by atoms with Crippen molar-refractivity contribution in [1.29, 1.82) is 0 Å². The predicted molar refractivity (Wildman–Crippen MR) is 81.4 cm³/mol. The van der Waals surface area contributed by atoms with Crippen LogP contribution in [0.3, 0.4) is 0 Å². The van der Waals surface area contributed by atoms with Crippen molar-refractivity contribution in [2.24, 2.45) is 0 Å². The maximum atomic E-state index is 12.7. The fourth-order valence-electron chi connectivity index (χ4n) is 3.55. The molecule has 2 unspecified atom stereocenters. The number of fused-ring (bicyclic) bond motifs is 3. The summed E-state index contributed by atoms with van der Waals surface area (Å²) in [5.41, 5.74) is 1.97. The van der Waals surface area contributed by atoms with E-state index in [4.69, 9.17) is 4.42 Å². The van der Waals surface area contributed by atoms with Gasteiger partial charge in [-0.3, -0.25) is 4.79 Å². The van der Waals surface area contributed by atoms with E-state index in [2.05, 4.69) is 11.4 Å². The molecule has 0 radical (unpaired) electrons. The molecule has 0 saturated carbocycles. The monoisotopic (exact) mass is 284 g/mol. The van der Waals surface area contributed by atoms with Gasteiger partial charge in [0.05, 0.1) is 0 Å². The highest BCUT2D eigenvalue weighted by Gasteiger charge is 2.32. The summed E-state index contributed by atoms with van der Waals surface area (Å²) < 4.78 is 5.75. The molecule has 2 aromatic rings. The predicted octanol–water partition coefficient (Wildman–Crippen LogP) is 2.71. The number of hydrogen-bond acceptors (Lipinski definition) is 3. The molecule has 4 rings (SSSR count). The molecule has 110 valence electrons. The van der Waals surface area contributed by atoms with E-state index < -0.39 is 0 Å². The molecule has 2 bridgehead atoms. The Bertz CT molecular complexity index is 691. The number of likely N-dealkylation sites (tertiary alicyclic amines) is 1. The summed E-state index contributed by atoms with van der Waals surface area (Å²) >= 11 is 0. The third kappa shape index (κ3) is 2.33. The minimum atomic E-state index is 0.0261. The number of nitrogens with zero attached hydrogens (tertiary/aromatic N) is 1. The number of furan rings is 1. The van der Waals surface area contributed by atoms with Crippen molar-refractivity contribution < 1.29 is 9.21 Å². The molecule has 1 amide bonds. The lowest BCUT2D eigenvalue weighted by Gasteiger charge is -2.23. The molecule has 4 heteroatoms. The molecule has 2 saturated heterocycles. The Morgan fingerprint density at radius 3 is 3.00 bits per heavy atom. The van der Waals surface area contributed by atoms with Crippen LogP contribution in [0, 0.1) is 6.92 Å². The molecule has 2 aliphatic rings. The van der Waals surface area contributed by atoms with E-state index in [1.165, 1.54) is 18.4 Å². The smallest absolute Gasteiger partial charge is 0.289 e. The average molecular weight is 284 g/mol. The van der Waals surface area contributed by atoms with Gasteiger partial charge in [0.2, 0.25) is 0 Å². The minimum Gasteiger partial charge on any atom is -0.451 e. The van der Waals surface area contributed by atoms with Crippen molar-refractivity contribution in [2.75, 3.05) is 13.1 Å². The Kier molecular flexibility index (Phi) is 3.00. The van der Waals surface area contributed by atoms with Gasteiger partial charge in [-0.25, -0.2) is 0 Å². The molecule has 0 spiro atoms. The number of benzene rings is 1. The summed E-state index contributed by atoms with van der Waals surface area (Å²) in [7, 11) is 0. The van der Waals surface area contributed by atoms with E-state index in [9.17, 15) is 4.79 Å². The zero-order valence-corrected chi connectivity index (χ0v) is 12.3. The molecule has 1 aromatic heterocycles. The molecule has 1 aromatic carbocycles. The Balaban J connectivity index is 1.60. The van der Waals surface area contributed by atoms with Crippen LogP contribution < -0.4 is 5.32 Å². The Labute approximate surface area is 124 Å². The number of rotatable bonds is 1. The third-order valence-corrected chi connectivity index (χ3v) is 4.69. The maximum Gasteiger partial charge on any atom is 0.289 e. The zero-order chi connectivity index (χ0) is 14.4. The lowest BCUT2D eigenvalue weighted by molar-refractivity contribution is 0.0718. The third-order valence-electron chi connectivity index (χ3n) is 4.69. The number of carbonyl (C=O) groups is 1. The van der Waals surface area contributed by atoms with Crippen molar-refractivity contribution in [3.8, 4) is 0 Å². The van der Waals surface area contributed by atoms with Crippen LogP contribution >= 0.6 is 0 Å². The standard InChI is InChI=1S/C17H20N2O2/c1-11-2-5-15-12(8-11)9-16(21-15)17(20)19-7-6-13-3-4-14(10-19)18-13/h2,5,8-9,13-14,18H,3-4,6-7,10H2,1H3. The summed E-state index contributed by atoms with van der Waals surface area (Å²) in [5.74, 6) is 0.492. The molecular formula is C17H20N2O2. The van der Waals surface area contributed by atoms with Crippen LogP contribution in [0.1, 0.15) is 35.4 Å². The van der Waals surface area contributed by atoms with Gasteiger partial charge in [-0.2, -0.15) is 0 Å². The molecule has 1 N–H and O–H groups in total. The molecular weight excluding hydrogens is 264 g/mol. The minimum absolute atomic E-state index is 0.0261. The first kappa shape index (κ1) is 12.9. The van der Waals surface area contributed by atoms with E-state index in [-0.39, 0.29) is 5.91 Å². The maximum absolute atomic E-state index is 12.7. The number of hydrogen-bond donors (Lipinski definition) is 1. The van der Waals surface area contributed by atoms with Gasteiger partial charge in [0.15, 0.2) is 5.76 Å². The average Bonchev–Trinajstić information content (AvgIpc) is 3.01. The van der Waals surface area contributed by atoms with Gasteiger partial charge in [0.1, 0.15) is 5.58 Å². The van der Waals surface area contributed by atoms with Crippen LogP contribution in [0.15, 0.2) is 28.7 Å². The summed E-state index contributed by atoms with van der Waals surface area (Å²) in [5, 5.41) is 4.61. The van der Waals surface area contributed by atoms with E-state index >= 15 is 0 Å². The topological polar surface area (TPSA) is 45.5 Å². The van der Waals surface area contributed by atoms with Crippen molar-refractivity contribution in [3.63, 3.8) is 0 Å². The van der Waals surface area contributed by atoms with Gasteiger partial charge in [-0.15, -0.1) is 0 Å². The fraction of sp³-hybridized carbons (Fsp3) is 0.471. The zero-order valence-electron chi connectivity index (χ0n) is 12.3. The molecule has 21 heavy (non-hydrogen) atoms. The normalized spacial score (nSPS) is 25.3. The Hall–Kier alpha value is -1.81. The SMILES string of the molecule is Cc1ccc2oc(C(=O)N3CCC4CCC(C3)N4)cc2c1. The highest BCUT2D eigenvalue weighted by atomic mass is 16.3. The van der Waals surface area contributed by atoms with Crippen molar-refractivity contribution in [3.05, 3.63) is 35.6 Å². The van der Waals surface area contributed by atoms with Crippen LogP contribution in [-0.4, -0.2) is 36.0 Å². The van der Waals surface area contributed by atoms with Gasteiger partial charge in [-0.05, 0) is 44.4 Å². The van der Waals surface area contributed by atoms with Gasteiger partial charge in [0, 0.05) is 30.6 Å². The Morgan fingerprint density at radius 1 is 1.24 bits per heavy atom. The van der Waals surface area contributed by atoms with Gasteiger partial charge >= 0.3 is 0 Å². The number of aryl methyl sites for hydroxylation is 1. The fourth-order valence-corrected chi connectivity index (χ4v) is 3.55.